The summed E-state index contributed by atoms with van der Waals surface area (Å²) in [6.07, 6.45) is 6.90. The second-order valence-corrected chi connectivity index (χ2v) is 4.23. The first kappa shape index (κ1) is 8.52. The van der Waals surface area contributed by atoms with Gasteiger partial charge in [-0.1, -0.05) is 12.8 Å². The van der Waals surface area contributed by atoms with Crippen molar-refractivity contribution in [3.63, 3.8) is 0 Å². The van der Waals surface area contributed by atoms with E-state index in [2.05, 4.69) is 6.92 Å². The first-order chi connectivity index (χ1) is 5.79. The Hall–Kier alpha value is -0.0800. The van der Waals surface area contributed by atoms with Crippen LogP contribution in [0.5, 0.6) is 0 Å². The van der Waals surface area contributed by atoms with Crippen molar-refractivity contribution in [1.82, 2.24) is 0 Å². The second kappa shape index (κ2) is 3.00. The van der Waals surface area contributed by atoms with Crippen LogP contribution in [0, 0.1) is 5.41 Å². The molecule has 12 heavy (non-hydrogen) atoms. The quantitative estimate of drug-likeness (QED) is 0.682. The third kappa shape index (κ3) is 1.01. The highest BCUT2D eigenvalue weighted by Crippen LogP contribution is 2.53. The predicted octanol–water partition coefficient (Wildman–Crippen LogP) is 1.68. The van der Waals surface area contributed by atoms with E-state index in [0.717, 1.165) is 13.0 Å². The fraction of sp³-hybridized carbons (Fsp3) is 1.00. The molecule has 2 heteroatoms. The Morgan fingerprint density at radius 3 is 2.58 bits per heavy atom. The zero-order chi connectivity index (χ0) is 8.60. The molecule has 70 valence electrons. The Labute approximate surface area is 74.5 Å². The van der Waals surface area contributed by atoms with Crippen molar-refractivity contribution < 1.29 is 4.74 Å². The van der Waals surface area contributed by atoms with Crippen LogP contribution in [0.4, 0.5) is 0 Å². The Morgan fingerprint density at radius 1 is 1.42 bits per heavy atom. The van der Waals surface area contributed by atoms with Gasteiger partial charge in [0.2, 0.25) is 0 Å². The van der Waals surface area contributed by atoms with Crippen molar-refractivity contribution in [2.45, 2.75) is 51.2 Å². The van der Waals surface area contributed by atoms with Crippen LogP contribution in [0.15, 0.2) is 0 Å². The number of rotatable bonds is 2. The minimum Gasteiger partial charge on any atom is -0.378 e. The van der Waals surface area contributed by atoms with E-state index in [4.69, 9.17) is 10.5 Å². The Morgan fingerprint density at radius 2 is 2.08 bits per heavy atom. The molecule has 0 heterocycles. The van der Waals surface area contributed by atoms with Crippen LogP contribution in [-0.2, 0) is 4.74 Å². The van der Waals surface area contributed by atoms with Gasteiger partial charge in [-0.25, -0.2) is 0 Å². The van der Waals surface area contributed by atoms with Gasteiger partial charge in [-0.3, -0.25) is 0 Å². The molecule has 0 aliphatic heterocycles. The highest BCUT2D eigenvalue weighted by atomic mass is 16.5. The first-order valence-electron chi connectivity index (χ1n) is 5.17. The highest BCUT2D eigenvalue weighted by Gasteiger charge is 2.54. The molecule has 2 rings (SSSR count). The van der Waals surface area contributed by atoms with Crippen molar-refractivity contribution in [3.8, 4) is 0 Å². The summed E-state index contributed by atoms with van der Waals surface area (Å²) >= 11 is 0. The SMILES string of the molecule is CCO[C@H]1C[C@@H](N)C12CCCC2. The maximum absolute atomic E-state index is 6.06. The molecule has 2 aliphatic rings. The molecular formula is C10H19NO. The van der Waals surface area contributed by atoms with Crippen LogP contribution in [0.2, 0.25) is 0 Å². The molecule has 2 aliphatic carbocycles. The normalized spacial score (nSPS) is 38.5. The predicted molar refractivity (Wildman–Crippen MR) is 48.9 cm³/mol. The summed E-state index contributed by atoms with van der Waals surface area (Å²) in [6.45, 7) is 2.92. The molecule has 0 bridgehead atoms. The molecule has 0 radical (unpaired) electrons. The lowest BCUT2D eigenvalue weighted by Crippen LogP contribution is -2.60. The van der Waals surface area contributed by atoms with Gasteiger partial charge in [0.25, 0.3) is 0 Å². The molecule has 2 atom stereocenters. The number of nitrogens with two attached hydrogens (primary N) is 1. The average molecular weight is 169 g/mol. The summed E-state index contributed by atoms with van der Waals surface area (Å²) in [5.41, 5.74) is 6.46. The van der Waals surface area contributed by atoms with Crippen molar-refractivity contribution >= 4 is 0 Å². The molecule has 2 saturated carbocycles. The summed E-state index contributed by atoms with van der Waals surface area (Å²) in [5, 5.41) is 0. The Bertz CT molecular complexity index is 161. The van der Waals surface area contributed by atoms with Crippen molar-refractivity contribution in [2.24, 2.45) is 11.1 Å². The summed E-state index contributed by atoms with van der Waals surface area (Å²) in [5.74, 6) is 0. The lowest BCUT2D eigenvalue weighted by Gasteiger charge is -2.52. The standard InChI is InChI=1S/C10H19NO/c1-2-12-9-7-8(11)10(9)5-3-4-6-10/h8-9H,2-7,11H2,1H3/t8-,9+/m1/s1. The minimum atomic E-state index is 0.399. The van der Waals surface area contributed by atoms with E-state index in [9.17, 15) is 0 Å². The zero-order valence-corrected chi connectivity index (χ0v) is 7.88. The molecule has 0 aromatic heterocycles. The van der Waals surface area contributed by atoms with Gasteiger partial charge in [-0.2, -0.15) is 0 Å². The molecule has 0 aromatic carbocycles. The van der Waals surface area contributed by atoms with Gasteiger partial charge in [0, 0.05) is 18.1 Å². The van der Waals surface area contributed by atoms with E-state index in [1.54, 1.807) is 0 Å². The van der Waals surface area contributed by atoms with Gasteiger partial charge in [-0.05, 0) is 26.2 Å². The molecular weight excluding hydrogens is 150 g/mol. The van der Waals surface area contributed by atoms with E-state index < -0.39 is 0 Å². The molecule has 2 nitrogen and oxygen atoms in total. The lowest BCUT2D eigenvalue weighted by atomic mass is 9.61. The Balaban J connectivity index is 2.00. The van der Waals surface area contributed by atoms with Crippen molar-refractivity contribution in [3.05, 3.63) is 0 Å². The first-order valence-corrected chi connectivity index (χ1v) is 5.17. The molecule has 2 N–H and O–H groups in total. The third-order valence-corrected chi connectivity index (χ3v) is 3.75. The molecule has 0 unspecified atom stereocenters. The maximum atomic E-state index is 6.06. The summed E-state index contributed by atoms with van der Waals surface area (Å²) in [6, 6.07) is 0.427. The van der Waals surface area contributed by atoms with Crippen LogP contribution in [0.25, 0.3) is 0 Å². The topological polar surface area (TPSA) is 35.2 Å². The van der Waals surface area contributed by atoms with Gasteiger partial charge in [0.15, 0.2) is 0 Å². The fourth-order valence-corrected chi connectivity index (χ4v) is 2.94. The Kier molecular flexibility index (Phi) is 2.13. The van der Waals surface area contributed by atoms with Crippen molar-refractivity contribution in [1.29, 1.82) is 0 Å². The van der Waals surface area contributed by atoms with Gasteiger partial charge in [-0.15, -0.1) is 0 Å². The van der Waals surface area contributed by atoms with Gasteiger partial charge >= 0.3 is 0 Å². The zero-order valence-electron chi connectivity index (χ0n) is 7.88. The van der Waals surface area contributed by atoms with Gasteiger partial charge in [0.1, 0.15) is 0 Å². The molecule has 0 saturated heterocycles. The summed E-state index contributed by atoms with van der Waals surface area (Å²) in [4.78, 5) is 0. The van der Waals surface area contributed by atoms with Crippen molar-refractivity contribution in [2.75, 3.05) is 6.61 Å². The summed E-state index contributed by atoms with van der Waals surface area (Å²) in [7, 11) is 0. The van der Waals surface area contributed by atoms with Crippen LogP contribution >= 0.6 is 0 Å². The number of hydrogen-bond donors (Lipinski definition) is 1. The van der Waals surface area contributed by atoms with Crippen LogP contribution in [0.1, 0.15) is 39.0 Å². The number of ether oxygens (including phenoxy) is 1. The monoisotopic (exact) mass is 169 g/mol. The molecule has 0 aromatic rings. The van der Waals surface area contributed by atoms with E-state index in [-0.39, 0.29) is 0 Å². The largest absolute Gasteiger partial charge is 0.378 e. The molecule has 2 fully saturated rings. The van der Waals surface area contributed by atoms with E-state index in [1.165, 1.54) is 25.7 Å². The van der Waals surface area contributed by atoms with Crippen LogP contribution < -0.4 is 5.73 Å². The van der Waals surface area contributed by atoms with Crippen LogP contribution in [0.3, 0.4) is 0 Å². The second-order valence-electron chi connectivity index (χ2n) is 4.23. The van der Waals surface area contributed by atoms with Gasteiger partial charge in [0.05, 0.1) is 6.10 Å². The van der Waals surface area contributed by atoms with Gasteiger partial charge < -0.3 is 10.5 Å². The molecule has 0 amide bonds. The minimum absolute atomic E-state index is 0.399. The average Bonchev–Trinajstić information content (AvgIpc) is 2.55. The summed E-state index contributed by atoms with van der Waals surface area (Å²) < 4.78 is 5.71. The molecule has 1 spiro atoms. The fourth-order valence-electron chi connectivity index (χ4n) is 2.94. The third-order valence-electron chi connectivity index (χ3n) is 3.75. The van der Waals surface area contributed by atoms with E-state index in [0.29, 0.717) is 17.6 Å². The maximum Gasteiger partial charge on any atom is 0.0660 e. The smallest absolute Gasteiger partial charge is 0.0660 e. The number of hydrogen-bond acceptors (Lipinski definition) is 2. The van der Waals surface area contributed by atoms with Crippen LogP contribution in [-0.4, -0.2) is 18.8 Å². The highest BCUT2D eigenvalue weighted by molar-refractivity contribution is 5.08. The lowest BCUT2D eigenvalue weighted by molar-refractivity contribution is -0.120. The van der Waals surface area contributed by atoms with E-state index >= 15 is 0 Å². The van der Waals surface area contributed by atoms with E-state index in [1.807, 2.05) is 0 Å².